The maximum absolute atomic E-state index is 12.1. The molecule has 19 heteroatoms. The minimum absolute atomic E-state index is 0.0501. The van der Waals surface area contributed by atoms with Crippen molar-refractivity contribution in [2.75, 3.05) is 19.6 Å². The van der Waals surface area contributed by atoms with Gasteiger partial charge >= 0.3 is 5.97 Å². The predicted molar refractivity (Wildman–Crippen MR) is 246 cm³/mol. The molecule has 0 unspecified atom stereocenters. The SMILES string of the molecule is CNCc1ccc(OCc2cccc(-c3cccc(COc4nc(OCc5cncc(S(C)(=O)=O)c5)c(CN[C@@H](C)C(=O)O)cc4Br)c3C)c2C)nc1OCc1cncc(S(C)(=O)=O)c1. The molecule has 0 amide bonds. The lowest BCUT2D eigenvalue weighted by Gasteiger charge is -2.18. The normalized spacial score (nSPS) is 12.1. The van der Waals surface area contributed by atoms with Crippen LogP contribution in [-0.2, 0) is 64.0 Å². The molecule has 0 radical (unpaired) electrons. The van der Waals surface area contributed by atoms with Crippen molar-refractivity contribution in [2.24, 2.45) is 0 Å². The molecule has 0 aliphatic heterocycles. The van der Waals surface area contributed by atoms with Crippen LogP contribution in [0.15, 0.2) is 106 Å². The van der Waals surface area contributed by atoms with Gasteiger partial charge in [0.1, 0.15) is 32.5 Å². The summed E-state index contributed by atoms with van der Waals surface area (Å²) in [5.74, 6) is 0.0846. The Hall–Kier alpha value is -5.99. The summed E-state index contributed by atoms with van der Waals surface area (Å²) in [5, 5.41) is 15.5. The molecule has 0 fully saturated rings. The Morgan fingerprint density at radius 1 is 0.662 bits per heavy atom. The molecule has 3 N–H and O–H groups in total. The molecule has 16 nitrogen and oxygen atoms in total. The minimum Gasteiger partial charge on any atom is -0.480 e. The Kier molecular flexibility index (Phi) is 15.9. The van der Waals surface area contributed by atoms with Crippen molar-refractivity contribution in [1.29, 1.82) is 0 Å². The number of nitrogens with zero attached hydrogens (tertiary/aromatic N) is 4. The highest BCUT2D eigenvalue weighted by Crippen LogP contribution is 2.34. The number of carboxylic acids is 1. The molecular formula is C46H49BrN6O10S2. The lowest BCUT2D eigenvalue weighted by atomic mass is 9.92. The van der Waals surface area contributed by atoms with Gasteiger partial charge in [0.05, 0.1) is 14.3 Å². The number of rotatable bonds is 21. The molecule has 342 valence electrons. The summed E-state index contributed by atoms with van der Waals surface area (Å²) in [7, 11) is -5.12. The third kappa shape index (κ3) is 12.8. The van der Waals surface area contributed by atoms with Gasteiger partial charge in [-0.3, -0.25) is 14.8 Å². The highest BCUT2D eigenvalue weighted by molar-refractivity contribution is 9.10. The van der Waals surface area contributed by atoms with Crippen molar-refractivity contribution in [3.05, 3.63) is 140 Å². The topological polar surface area (TPSA) is 218 Å². The zero-order valence-corrected chi connectivity index (χ0v) is 39.8. The number of pyridine rings is 4. The highest BCUT2D eigenvalue weighted by atomic mass is 79.9. The zero-order chi connectivity index (χ0) is 46.9. The Labute approximate surface area is 386 Å². The van der Waals surface area contributed by atoms with Crippen LogP contribution in [0.2, 0.25) is 0 Å². The number of ether oxygens (including phenoxy) is 4. The summed E-state index contributed by atoms with van der Waals surface area (Å²) >= 11 is 3.57. The molecule has 2 aromatic carbocycles. The van der Waals surface area contributed by atoms with E-state index in [1.807, 2.05) is 57.3 Å². The van der Waals surface area contributed by atoms with E-state index in [9.17, 15) is 26.7 Å². The van der Waals surface area contributed by atoms with Crippen LogP contribution in [0.25, 0.3) is 11.1 Å². The van der Waals surface area contributed by atoms with E-state index in [2.05, 4.69) is 52.6 Å². The summed E-state index contributed by atoms with van der Waals surface area (Å²) in [6.07, 6.45) is 7.84. The van der Waals surface area contributed by atoms with Crippen molar-refractivity contribution in [2.45, 2.75) is 76.1 Å². The first-order valence-corrected chi connectivity index (χ1v) is 24.8. The lowest BCUT2D eigenvalue weighted by Crippen LogP contribution is -2.33. The Balaban J connectivity index is 1.18. The van der Waals surface area contributed by atoms with Crippen molar-refractivity contribution in [3.63, 3.8) is 0 Å². The standard InChI is InChI=1S/C46H49BrN6O10S2/c1-28-34(26-60-42-14-13-33(20-48-4)43(52-42)61-24-31-15-37(22-49-18-31)64(5,56)57)9-7-11-39(28)40-12-8-10-35(29(40)2)27-63-45-41(47)17-36(21-51-30(3)46(54)55)44(53-45)62-25-32-16-38(23-50-19-32)65(6,58)59/h7-19,22-23,30,48,51H,20-21,24-27H2,1-6H3,(H,54,55)/t30-/m0/s1. The van der Waals surface area contributed by atoms with Crippen LogP contribution in [0, 0.1) is 13.8 Å². The van der Waals surface area contributed by atoms with Crippen molar-refractivity contribution >= 4 is 41.6 Å². The van der Waals surface area contributed by atoms with Gasteiger partial charge in [-0.2, -0.15) is 9.97 Å². The first-order valence-electron chi connectivity index (χ1n) is 20.2. The molecule has 0 saturated carbocycles. The van der Waals surface area contributed by atoms with Gasteiger partial charge in [0.15, 0.2) is 19.7 Å². The van der Waals surface area contributed by atoms with E-state index < -0.39 is 31.7 Å². The molecule has 6 rings (SSSR count). The summed E-state index contributed by atoms with van der Waals surface area (Å²) in [6.45, 7) is 6.56. The van der Waals surface area contributed by atoms with E-state index in [1.54, 1.807) is 18.3 Å². The van der Waals surface area contributed by atoms with E-state index in [0.29, 0.717) is 39.5 Å². The molecular weight excluding hydrogens is 941 g/mol. The highest BCUT2D eigenvalue weighted by Gasteiger charge is 2.19. The number of aliphatic carboxylic acids is 1. The molecule has 65 heavy (non-hydrogen) atoms. The number of benzene rings is 2. The van der Waals surface area contributed by atoms with E-state index in [4.69, 9.17) is 18.9 Å². The first-order chi connectivity index (χ1) is 30.9. The van der Waals surface area contributed by atoms with Gasteiger partial charge in [-0.05, 0) is 101 Å². The second kappa shape index (κ2) is 21.3. The van der Waals surface area contributed by atoms with Crippen LogP contribution < -0.4 is 29.6 Å². The number of carboxylic acid groups (broad SMARTS) is 1. The quantitative estimate of drug-likeness (QED) is 0.0682. The van der Waals surface area contributed by atoms with Gasteiger partial charge in [0.25, 0.3) is 0 Å². The van der Waals surface area contributed by atoms with E-state index in [-0.39, 0.29) is 54.5 Å². The summed E-state index contributed by atoms with van der Waals surface area (Å²) in [6, 6.07) is 19.6. The fraction of sp³-hybridized carbons (Fsp3) is 0.283. The first kappa shape index (κ1) is 48.5. The van der Waals surface area contributed by atoms with E-state index in [0.717, 1.165) is 51.5 Å². The number of aromatic nitrogens is 4. The molecule has 4 aromatic heterocycles. The smallest absolute Gasteiger partial charge is 0.320 e. The summed E-state index contributed by atoms with van der Waals surface area (Å²) < 4.78 is 73.6. The summed E-state index contributed by atoms with van der Waals surface area (Å²) in [5.41, 5.74) is 8.29. The van der Waals surface area contributed by atoms with E-state index >= 15 is 0 Å². The van der Waals surface area contributed by atoms with Crippen LogP contribution in [-0.4, -0.2) is 73.4 Å². The van der Waals surface area contributed by atoms with E-state index in [1.165, 1.54) is 37.6 Å². The summed E-state index contributed by atoms with van der Waals surface area (Å²) in [4.78, 5) is 29.1. The number of sulfone groups is 2. The van der Waals surface area contributed by atoms with Crippen molar-refractivity contribution in [3.8, 4) is 34.6 Å². The Bertz CT molecular complexity index is 2920. The fourth-order valence-corrected chi connectivity index (χ4v) is 8.25. The average Bonchev–Trinajstić information content (AvgIpc) is 3.27. The van der Waals surface area contributed by atoms with Crippen LogP contribution >= 0.6 is 15.9 Å². The van der Waals surface area contributed by atoms with Crippen LogP contribution in [0.4, 0.5) is 0 Å². The minimum atomic E-state index is -3.50. The maximum Gasteiger partial charge on any atom is 0.320 e. The molecule has 0 saturated heterocycles. The monoisotopic (exact) mass is 988 g/mol. The Morgan fingerprint density at radius 2 is 1.18 bits per heavy atom. The molecule has 0 aliphatic carbocycles. The second-order valence-electron chi connectivity index (χ2n) is 15.3. The van der Waals surface area contributed by atoms with Gasteiger partial charge in [0.2, 0.25) is 23.5 Å². The molecule has 0 spiro atoms. The van der Waals surface area contributed by atoms with Crippen LogP contribution in [0.5, 0.6) is 23.5 Å². The number of halogens is 1. The largest absolute Gasteiger partial charge is 0.480 e. The lowest BCUT2D eigenvalue weighted by molar-refractivity contribution is -0.139. The zero-order valence-electron chi connectivity index (χ0n) is 36.6. The third-order valence-corrected chi connectivity index (χ3v) is 13.0. The van der Waals surface area contributed by atoms with Crippen LogP contribution in [0.3, 0.4) is 0 Å². The van der Waals surface area contributed by atoms with Gasteiger partial charge in [0, 0.05) is 78.7 Å². The van der Waals surface area contributed by atoms with Gasteiger partial charge in [-0.25, -0.2) is 16.8 Å². The number of nitrogens with one attached hydrogen (secondary N) is 2. The fourth-order valence-electron chi connectivity index (χ4n) is 6.54. The van der Waals surface area contributed by atoms with Gasteiger partial charge < -0.3 is 34.7 Å². The number of hydrogen-bond donors (Lipinski definition) is 3. The number of hydrogen-bond acceptors (Lipinski definition) is 15. The molecule has 6 aromatic rings. The van der Waals surface area contributed by atoms with Crippen molar-refractivity contribution < 1.29 is 45.7 Å². The molecule has 4 heterocycles. The molecule has 0 bridgehead atoms. The van der Waals surface area contributed by atoms with Crippen LogP contribution in [0.1, 0.15) is 51.4 Å². The second-order valence-corrected chi connectivity index (χ2v) is 20.1. The predicted octanol–water partition coefficient (Wildman–Crippen LogP) is 6.72. The molecule has 1 atom stereocenters. The number of carbonyl (C=O) groups is 1. The third-order valence-electron chi connectivity index (χ3n) is 10.3. The Morgan fingerprint density at radius 3 is 1.71 bits per heavy atom. The van der Waals surface area contributed by atoms with Gasteiger partial charge in [-0.1, -0.05) is 36.4 Å². The molecule has 0 aliphatic rings. The van der Waals surface area contributed by atoms with Gasteiger partial charge in [-0.15, -0.1) is 0 Å². The maximum atomic E-state index is 12.1. The average molecular weight is 990 g/mol. The van der Waals surface area contributed by atoms with Crippen molar-refractivity contribution in [1.82, 2.24) is 30.6 Å².